The van der Waals surface area contributed by atoms with E-state index >= 15 is 0 Å². The molecule has 1 aromatic heterocycles. The van der Waals surface area contributed by atoms with Crippen LogP contribution in [0.2, 0.25) is 0 Å². The van der Waals surface area contributed by atoms with Crippen LogP contribution < -0.4 is 4.74 Å². The smallest absolute Gasteiger partial charge is 0.276 e. The molecule has 25 heavy (non-hydrogen) atoms. The first-order valence-corrected chi connectivity index (χ1v) is 8.48. The third-order valence-corrected chi connectivity index (χ3v) is 4.28. The van der Waals surface area contributed by atoms with Crippen LogP contribution >= 0.6 is 15.9 Å². The summed E-state index contributed by atoms with van der Waals surface area (Å²) in [4.78, 5) is 14.2. The van der Waals surface area contributed by atoms with Crippen LogP contribution in [0.3, 0.4) is 0 Å². The number of benzene rings is 2. The number of halogens is 1. The maximum atomic E-state index is 12.6. The van der Waals surface area contributed by atoms with Crippen molar-refractivity contribution in [2.45, 2.75) is 6.54 Å². The largest absolute Gasteiger partial charge is 0.496 e. The van der Waals surface area contributed by atoms with Crippen LogP contribution in [0.5, 0.6) is 5.75 Å². The fourth-order valence-corrected chi connectivity index (χ4v) is 2.92. The summed E-state index contributed by atoms with van der Waals surface area (Å²) in [5.41, 5.74) is 2.06. The second-order valence-electron chi connectivity index (χ2n) is 5.56. The molecule has 1 heterocycles. The number of amides is 1. The number of rotatable bonds is 5. The van der Waals surface area contributed by atoms with Crippen LogP contribution in [-0.2, 0) is 6.54 Å². The van der Waals surface area contributed by atoms with Crippen molar-refractivity contribution in [3.05, 3.63) is 70.3 Å². The normalized spacial score (nSPS) is 10.5. The van der Waals surface area contributed by atoms with Gasteiger partial charge < -0.3 is 14.2 Å². The molecule has 3 aromatic rings. The number of ether oxygens (including phenoxy) is 1. The molecule has 2 aromatic carbocycles. The van der Waals surface area contributed by atoms with E-state index in [0.29, 0.717) is 12.3 Å². The van der Waals surface area contributed by atoms with Gasteiger partial charge in [-0.15, -0.1) is 0 Å². The van der Waals surface area contributed by atoms with Gasteiger partial charge >= 0.3 is 0 Å². The first-order valence-electron chi connectivity index (χ1n) is 7.68. The van der Waals surface area contributed by atoms with E-state index in [9.17, 15) is 4.79 Å². The third kappa shape index (κ3) is 3.91. The zero-order valence-electron chi connectivity index (χ0n) is 13.9. The molecule has 0 saturated heterocycles. The molecule has 0 spiro atoms. The number of nitrogens with zero attached hydrogens (tertiary/aromatic N) is 2. The topological polar surface area (TPSA) is 55.6 Å². The van der Waals surface area contributed by atoms with Gasteiger partial charge in [0.1, 0.15) is 5.75 Å². The van der Waals surface area contributed by atoms with Crippen molar-refractivity contribution < 1.29 is 14.1 Å². The Morgan fingerprint density at radius 2 is 1.96 bits per heavy atom. The average Bonchev–Trinajstić information content (AvgIpc) is 3.12. The summed E-state index contributed by atoms with van der Waals surface area (Å²) < 4.78 is 11.6. The minimum atomic E-state index is -0.215. The van der Waals surface area contributed by atoms with E-state index in [1.165, 1.54) is 0 Å². The van der Waals surface area contributed by atoms with Crippen molar-refractivity contribution >= 4 is 21.8 Å². The summed E-state index contributed by atoms with van der Waals surface area (Å²) in [7, 11) is 3.33. The van der Waals surface area contributed by atoms with Crippen LogP contribution in [0.1, 0.15) is 16.1 Å². The van der Waals surface area contributed by atoms with Crippen LogP contribution in [0.25, 0.3) is 11.3 Å². The van der Waals surface area contributed by atoms with Crippen LogP contribution in [-0.4, -0.2) is 30.1 Å². The Balaban J connectivity index is 1.77. The molecular formula is C19H17BrN2O3. The van der Waals surface area contributed by atoms with Gasteiger partial charge in [-0.3, -0.25) is 4.79 Å². The second kappa shape index (κ2) is 7.53. The molecule has 0 saturated carbocycles. The zero-order valence-corrected chi connectivity index (χ0v) is 15.5. The number of hydrogen-bond donors (Lipinski definition) is 0. The standard InChI is InChI=1S/C19H17BrN2O3/c1-22(12-14-10-15(20)8-9-17(14)24-2)19(23)16-11-18(25-21-16)13-6-4-3-5-7-13/h3-11H,12H2,1-2H3. The van der Waals surface area contributed by atoms with Gasteiger partial charge in [-0.25, -0.2) is 0 Å². The first-order chi connectivity index (χ1) is 12.1. The van der Waals surface area contributed by atoms with E-state index < -0.39 is 0 Å². The third-order valence-electron chi connectivity index (χ3n) is 3.78. The van der Waals surface area contributed by atoms with Crippen LogP contribution in [0, 0.1) is 0 Å². The summed E-state index contributed by atoms with van der Waals surface area (Å²) in [5, 5.41) is 3.91. The van der Waals surface area contributed by atoms with Crippen molar-refractivity contribution in [3.63, 3.8) is 0 Å². The molecule has 1 amide bonds. The Morgan fingerprint density at radius 1 is 1.20 bits per heavy atom. The van der Waals surface area contributed by atoms with Crippen LogP contribution in [0.4, 0.5) is 0 Å². The van der Waals surface area contributed by atoms with Gasteiger partial charge in [0.05, 0.1) is 7.11 Å². The van der Waals surface area contributed by atoms with E-state index in [0.717, 1.165) is 21.3 Å². The van der Waals surface area contributed by atoms with E-state index in [1.807, 2.05) is 48.5 Å². The molecule has 0 N–H and O–H groups in total. The molecule has 6 heteroatoms. The lowest BCUT2D eigenvalue weighted by Crippen LogP contribution is -2.26. The highest BCUT2D eigenvalue weighted by atomic mass is 79.9. The fourth-order valence-electron chi connectivity index (χ4n) is 2.51. The molecule has 0 unspecified atom stereocenters. The molecule has 0 aliphatic carbocycles. The predicted molar refractivity (Wildman–Crippen MR) is 98.4 cm³/mol. The maximum Gasteiger partial charge on any atom is 0.276 e. The molecule has 0 fully saturated rings. The lowest BCUT2D eigenvalue weighted by molar-refractivity contribution is 0.0774. The molecule has 0 atom stereocenters. The average molecular weight is 401 g/mol. The first kappa shape index (κ1) is 17.2. The zero-order chi connectivity index (χ0) is 17.8. The van der Waals surface area contributed by atoms with E-state index in [4.69, 9.17) is 9.26 Å². The number of carbonyl (C=O) groups is 1. The van der Waals surface area contributed by atoms with Crippen molar-refractivity contribution in [3.8, 4) is 17.1 Å². The second-order valence-corrected chi connectivity index (χ2v) is 6.48. The molecule has 0 aliphatic heterocycles. The molecular weight excluding hydrogens is 384 g/mol. The van der Waals surface area contributed by atoms with Gasteiger partial charge in [0.15, 0.2) is 11.5 Å². The van der Waals surface area contributed by atoms with Gasteiger partial charge in [-0.2, -0.15) is 0 Å². The summed E-state index contributed by atoms with van der Waals surface area (Å²) in [6, 6.07) is 16.9. The van der Waals surface area contributed by atoms with Crippen molar-refractivity contribution in [1.82, 2.24) is 10.1 Å². The summed E-state index contributed by atoms with van der Waals surface area (Å²) >= 11 is 3.44. The predicted octanol–water partition coefficient (Wildman–Crippen LogP) is 4.38. The quantitative estimate of drug-likeness (QED) is 0.637. The Morgan fingerprint density at radius 3 is 2.68 bits per heavy atom. The minimum absolute atomic E-state index is 0.215. The van der Waals surface area contributed by atoms with Gasteiger partial charge in [-0.05, 0) is 18.2 Å². The number of hydrogen-bond acceptors (Lipinski definition) is 4. The van der Waals surface area contributed by atoms with Crippen LogP contribution in [0.15, 0.2) is 63.6 Å². The highest BCUT2D eigenvalue weighted by Gasteiger charge is 2.19. The molecule has 0 aliphatic rings. The van der Waals surface area contributed by atoms with Gasteiger partial charge in [0.2, 0.25) is 0 Å². The van der Waals surface area contributed by atoms with Crippen molar-refractivity contribution in [1.29, 1.82) is 0 Å². The number of carbonyl (C=O) groups excluding carboxylic acids is 1. The molecule has 0 radical (unpaired) electrons. The molecule has 3 rings (SSSR count). The number of aromatic nitrogens is 1. The van der Waals surface area contributed by atoms with Crippen molar-refractivity contribution in [2.24, 2.45) is 0 Å². The molecule has 0 bridgehead atoms. The molecule has 5 nitrogen and oxygen atoms in total. The molecule has 128 valence electrons. The summed E-state index contributed by atoms with van der Waals surface area (Å²) in [6.07, 6.45) is 0. The Kier molecular flexibility index (Phi) is 5.19. The summed E-state index contributed by atoms with van der Waals surface area (Å²) in [6.45, 7) is 0.398. The fraction of sp³-hybridized carbons (Fsp3) is 0.158. The van der Waals surface area contributed by atoms with Gasteiger partial charge in [-0.1, -0.05) is 51.4 Å². The number of methoxy groups -OCH3 is 1. The van der Waals surface area contributed by atoms with Crippen molar-refractivity contribution in [2.75, 3.05) is 14.2 Å². The Bertz CT molecular complexity index is 877. The summed E-state index contributed by atoms with van der Waals surface area (Å²) in [5.74, 6) is 1.08. The lowest BCUT2D eigenvalue weighted by atomic mass is 10.1. The SMILES string of the molecule is COc1ccc(Br)cc1CN(C)C(=O)c1cc(-c2ccccc2)on1. The van der Waals surface area contributed by atoms with Gasteiger partial charge in [0, 0.05) is 35.3 Å². The highest BCUT2D eigenvalue weighted by Crippen LogP contribution is 2.25. The van der Waals surface area contributed by atoms with E-state index in [1.54, 1.807) is 25.1 Å². The Hall–Kier alpha value is -2.60. The monoisotopic (exact) mass is 400 g/mol. The Labute approximate surface area is 154 Å². The highest BCUT2D eigenvalue weighted by molar-refractivity contribution is 9.10. The lowest BCUT2D eigenvalue weighted by Gasteiger charge is -2.17. The van der Waals surface area contributed by atoms with E-state index in [2.05, 4.69) is 21.1 Å². The van der Waals surface area contributed by atoms with E-state index in [-0.39, 0.29) is 11.6 Å². The minimum Gasteiger partial charge on any atom is -0.496 e. The maximum absolute atomic E-state index is 12.6. The van der Waals surface area contributed by atoms with Gasteiger partial charge in [0.25, 0.3) is 5.91 Å².